The van der Waals surface area contributed by atoms with Crippen LogP contribution in [-0.2, 0) is 11.2 Å². The summed E-state index contributed by atoms with van der Waals surface area (Å²) in [6, 6.07) is 67.6. The molecule has 5 heterocycles. The van der Waals surface area contributed by atoms with E-state index in [0.29, 0.717) is 0 Å². The van der Waals surface area contributed by atoms with E-state index in [0.717, 1.165) is 98.2 Å². The van der Waals surface area contributed by atoms with Crippen molar-refractivity contribution in [2.75, 3.05) is 0 Å². The first-order chi connectivity index (χ1) is 36.2. The Hall–Kier alpha value is -7.44. The van der Waals surface area contributed by atoms with Gasteiger partial charge in [0.25, 0.3) is 0 Å². The van der Waals surface area contributed by atoms with Crippen LogP contribution in [0.5, 0.6) is 0 Å². The van der Waals surface area contributed by atoms with Gasteiger partial charge < -0.3 is 27.0 Å². The zero-order valence-corrected chi connectivity index (χ0v) is 44.3. The Kier molecular flexibility index (Phi) is 11.1. The molecule has 16 rings (SSSR count). The van der Waals surface area contributed by atoms with E-state index in [2.05, 4.69) is 199 Å². The minimum Gasteiger partial charge on any atom is -0.456 e. The summed E-state index contributed by atoms with van der Waals surface area (Å²) in [6.45, 7) is 1.31. The van der Waals surface area contributed by atoms with Gasteiger partial charge >= 0.3 is 0 Å². The van der Waals surface area contributed by atoms with Crippen molar-refractivity contribution < 1.29 is 23.8 Å². The van der Waals surface area contributed by atoms with E-state index < -0.39 is 0 Å². The minimum absolute atomic E-state index is 0.0787. The number of nitrogens with zero attached hydrogens (tertiary/aromatic N) is 1. The monoisotopic (exact) mass is 1190 g/mol. The van der Waals surface area contributed by atoms with Crippen molar-refractivity contribution in [3.05, 3.63) is 218 Å². The molecule has 0 radical (unpaired) electrons. The topological polar surface area (TPSA) is 74.6 Å². The maximum atomic E-state index is 9.62. The third-order valence-electron chi connectivity index (χ3n) is 13.6. The van der Waals surface area contributed by atoms with Crippen LogP contribution < -0.4 is 0 Å². The van der Waals surface area contributed by atoms with Gasteiger partial charge in [-0.15, -0.1) is 0 Å². The highest BCUT2D eigenvalue weighted by molar-refractivity contribution is 14.1. The summed E-state index contributed by atoms with van der Waals surface area (Å²) in [6.07, 6.45) is 1.01. The predicted molar refractivity (Wildman–Crippen MR) is 315 cm³/mol. The minimum atomic E-state index is -0.0833. The standard InChI is InChI=1S/C30H16BrNO2.C19H12O.C12H6BrIO.C3H6O/c31-24-9-5-8-20-22-14-17(12-13-28(22)34-30(20)24)32-25-10-3-1-6-18(25)21-15-23-19-7-2-4-11-27(19)33-29(23)16-26(21)32;1-2-6-14-12(5-1)9-13-10-19-17(11-16(13)14)15-7-3-4-8-18(15)20-19;13-10-3-1-2-8-9-6-7(14)4-5-11(9)15-12(8)10;1-3(2)4/h1-16H;1-8,10-11H,9H2;1-6H;1-2H3/i;;;1D. The molecular formula is C64H40Br2INO5. The highest BCUT2D eigenvalue weighted by Gasteiger charge is 2.21. The van der Waals surface area contributed by atoms with Gasteiger partial charge in [0.1, 0.15) is 50.4 Å². The van der Waals surface area contributed by atoms with Crippen molar-refractivity contribution in [2.24, 2.45) is 0 Å². The normalized spacial score (nSPS) is 12.1. The van der Waals surface area contributed by atoms with Gasteiger partial charge in [0, 0.05) is 70.6 Å². The summed E-state index contributed by atoms with van der Waals surface area (Å²) in [7, 11) is 0. The van der Waals surface area contributed by atoms with Crippen molar-refractivity contribution in [3.63, 3.8) is 0 Å². The fourth-order valence-corrected chi connectivity index (χ4v) is 11.8. The molecule has 15 aromatic rings. The average Bonchev–Trinajstić information content (AvgIpc) is 4.29. The van der Waals surface area contributed by atoms with E-state index in [-0.39, 0.29) is 12.7 Å². The third kappa shape index (κ3) is 7.92. The number of rotatable bonds is 1. The number of furan rings is 4. The van der Waals surface area contributed by atoms with E-state index in [1.54, 1.807) is 0 Å². The van der Waals surface area contributed by atoms with Crippen LogP contribution in [0.2, 0.25) is 0 Å². The van der Waals surface area contributed by atoms with Gasteiger partial charge in [0.2, 0.25) is 0 Å². The summed E-state index contributed by atoms with van der Waals surface area (Å²) in [4.78, 5) is 9.62. The van der Waals surface area contributed by atoms with E-state index >= 15 is 0 Å². The summed E-state index contributed by atoms with van der Waals surface area (Å²) in [5.74, 6) is -0.0787. The van der Waals surface area contributed by atoms with Gasteiger partial charge in [0.05, 0.1) is 20.0 Å². The molecule has 6 nitrogen and oxygen atoms in total. The predicted octanol–water partition coefficient (Wildman–Crippen LogP) is 20.1. The maximum Gasteiger partial charge on any atom is 0.149 e. The SMILES string of the molecule is Brc1cccc2c1oc1ccc(-n3c4ccccc4c4cc5c(cc43)oc3ccccc35)cc12.Brc1cccc2c1oc1ccc(I)cc12.[2H]CC(C)=O.c1ccc2c(c1)Cc1cc3oc4ccccc4c3cc1-2. The Labute approximate surface area is 449 Å². The van der Waals surface area contributed by atoms with Crippen molar-refractivity contribution in [2.45, 2.75) is 20.2 Å². The van der Waals surface area contributed by atoms with E-state index in [1.165, 1.54) is 65.2 Å². The Bertz CT molecular complexity index is 4730. The molecule has 73 heavy (non-hydrogen) atoms. The van der Waals surface area contributed by atoms with Crippen LogP contribution in [0.4, 0.5) is 0 Å². The molecule has 0 saturated carbocycles. The quantitative estimate of drug-likeness (QED) is 0.153. The van der Waals surface area contributed by atoms with Crippen LogP contribution in [0.25, 0.3) is 126 Å². The summed E-state index contributed by atoms with van der Waals surface area (Å²) in [5.41, 5.74) is 16.3. The van der Waals surface area contributed by atoms with Crippen molar-refractivity contribution in [1.82, 2.24) is 4.57 Å². The molecule has 352 valence electrons. The first-order valence-electron chi connectivity index (χ1n) is 24.4. The van der Waals surface area contributed by atoms with E-state index in [4.69, 9.17) is 19.0 Å². The number of Topliss-reactive ketones (excluding diaryl/α,β-unsaturated/α-hetero) is 1. The number of ketones is 1. The number of carbonyl (C=O) groups excluding carboxylic acids is 1. The fraction of sp³-hybridized carbons (Fsp3) is 0.0469. The lowest BCUT2D eigenvalue weighted by Gasteiger charge is -2.08. The molecule has 0 aliphatic heterocycles. The molecule has 0 N–H and O–H groups in total. The Morgan fingerprint density at radius 1 is 0.452 bits per heavy atom. The lowest BCUT2D eigenvalue weighted by Crippen LogP contribution is -1.93. The van der Waals surface area contributed by atoms with Gasteiger partial charge in [0.15, 0.2) is 0 Å². The lowest BCUT2D eigenvalue weighted by molar-refractivity contribution is -0.115. The third-order valence-corrected chi connectivity index (χ3v) is 15.5. The molecule has 5 aromatic heterocycles. The highest BCUT2D eigenvalue weighted by Crippen LogP contribution is 2.43. The van der Waals surface area contributed by atoms with Crippen LogP contribution in [0.3, 0.4) is 0 Å². The second kappa shape index (κ2) is 18.2. The van der Waals surface area contributed by atoms with Crippen LogP contribution >= 0.6 is 54.5 Å². The van der Waals surface area contributed by atoms with Crippen LogP contribution in [0.1, 0.15) is 26.3 Å². The summed E-state index contributed by atoms with van der Waals surface area (Å²) < 4.78 is 36.0. The molecule has 0 spiro atoms. The summed E-state index contributed by atoms with van der Waals surface area (Å²) >= 11 is 9.44. The zero-order valence-electron chi connectivity index (χ0n) is 40.0. The van der Waals surface area contributed by atoms with Crippen molar-refractivity contribution in [1.29, 1.82) is 0 Å². The van der Waals surface area contributed by atoms with Crippen molar-refractivity contribution >= 4 is 170 Å². The van der Waals surface area contributed by atoms with Gasteiger partial charge in [-0.05, 0) is 182 Å². The largest absolute Gasteiger partial charge is 0.456 e. The number of hydrogen-bond donors (Lipinski definition) is 0. The highest BCUT2D eigenvalue weighted by atomic mass is 127. The number of fused-ring (bicyclic) bond motifs is 18. The molecule has 0 atom stereocenters. The molecule has 0 saturated heterocycles. The number of carbonyl (C=O) groups is 1. The smallest absolute Gasteiger partial charge is 0.149 e. The molecule has 1 aliphatic rings. The number of benzene rings is 10. The van der Waals surface area contributed by atoms with E-state index in [9.17, 15) is 4.79 Å². The molecule has 0 unspecified atom stereocenters. The van der Waals surface area contributed by atoms with Crippen LogP contribution in [0, 0.1) is 3.57 Å². The Morgan fingerprint density at radius 2 is 0.986 bits per heavy atom. The first kappa shape index (κ1) is 44.3. The van der Waals surface area contributed by atoms with Crippen LogP contribution in [-0.4, -0.2) is 10.4 Å². The average molecular weight is 1190 g/mol. The van der Waals surface area contributed by atoms with Gasteiger partial charge in [-0.25, -0.2) is 0 Å². The molecule has 10 aromatic carbocycles. The zero-order chi connectivity index (χ0) is 50.2. The molecule has 0 fully saturated rings. The molecule has 1 aliphatic carbocycles. The Morgan fingerprint density at radius 3 is 1.67 bits per heavy atom. The lowest BCUT2D eigenvalue weighted by atomic mass is 10.0. The van der Waals surface area contributed by atoms with Crippen molar-refractivity contribution in [3.8, 4) is 16.8 Å². The molecule has 0 bridgehead atoms. The van der Waals surface area contributed by atoms with Gasteiger partial charge in [-0.3, -0.25) is 0 Å². The first-order valence-corrected chi connectivity index (χ1v) is 26.4. The van der Waals surface area contributed by atoms with Gasteiger partial charge in [-0.2, -0.15) is 0 Å². The molecule has 9 heteroatoms. The number of aromatic nitrogens is 1. The van der Waals surface area contributed by atoms with E-state index in [1.807, 2.05) is 54.6 Å². The number of hydrogen-bond acceptors (Lipinski definition) is 5. The maximum absolute atomic E-state index is 9.62. The Balaban J connectivity index is 0.000000112. The molecule has 0 amide bonds. The second-order valence-corrected chi connectivity index (χ2v) is 21.2. The fourth-order valence-electron chi connectivity index (χ4n) is 10.4. The second-order valence-electron chi connectivity index (χ2n) is 18.2. The molecular weight excluding hydrogens is 1150 g/mol. The summed E-state index contributed by atoms with van der Waals surface area (Å²) in [5, 5.41) is 11.7. The number of para-hydroxylation sites is 5. The number of halogens is 3. The van der Waals surface area contributed by atoms with Gasteiger partial charge in [-0.1, -0.05) is 103 Å². The van der Waals surface area contributed by atoms with Crippen LogP contribution in [0.15, 0.2) is 221 Å².